The zero-order valence-corrected chi connectivity index (χ0v) is 23.4. The van der Waals surface area contributed by atoms with Crippen molar-refractivity contribution in [3.8, 4) is 11.4 Å². The lowest BCUT2D eigenvalue weighted by Gasteiger charge is -2.26. The third-order valence-corrected chi connectivity index (χ3v) is 8.85. The fourth-order valence-corrected chi connectivity index (χ4v) is 6.60. The summed E-state index contributed by atoms with van der Waals surface area (Å²) in [5.41, 5.74) is 6.69. The largest absolute Gasteiger partial charge is 0.329 e. The van der Waals surface area contributed by atoms with Gasteiger partial charge >= 0.3 is 6.03 Å². The minimum absolute atomic E-state index is 0.146. The summed E-state index contributed by atoms with van der Waals surface area (Å²) >= 11 is 6.29. The van der Waals surface area contributed by atoms with Crippen LogP contribution in [0.4, 0.5) is 15.0 Å². The Hall–Kier alpha value is -4.01. The lowest BCUT2D eigenvalue weighted by Crippen LogP contribution is -2.50. The topological polar surface area (TPSA) is 70.5 Å². The molecule has 2 atom stereocenters. The van der Waals surface area contributed by atoms with E-state index in [-0.39, 0.29) is 24.1 Å². The fourth-order valence-electron chi connectivity index (χ4n) is 6.29. The number of hydrogen-bond donors (Lipinski definition) is 1. The number of urea groups is 1. The van der Waals surface area contributed by atoms with Gasteiger partial charge in [0.2, 0.25) is 5.91 Å². The van der Waals surface area contributed by atoms with Crippen LogP contribution in [-0.4, -0.2) is 32.9 Å². The van der Waals surface area contributed by atoms with Gasteiger partial charge < -0.3 is 4.57 Å². The molecule has 1 saturated carbocycles. The summed E-state index contributed by atoms with van der Waals surface area (Å²) in [5, 5.41) is 2.89. The molecule has 2 fully saturated rings. The van der Waals surface area contributed by atoms with Crippen LogP contribution >= 0.6 is 11.6 Å². The number of nitrogens with one attached hydrogen (secondary N) is 1. The zero-order valence-electron chi connectivity index (χ0n) is 22.6. The number of benzene rings is 3. The van der Waals surface area contributed by atoms with Crippen LogP contribution in [0.2, 0.25) is 5.02 Å². The molecule has 3 aromatic carbocycles. The van der Waals surface area contributed by atoms with Gasteiger partial charge in [0.05, 0.1) is 6.20 Å². The number of imidazole rings is 1. The van der Waals surface area contributed by atoms with Crippen LogP contribution in [0.1, 0.15) is 52.5 Å². The molecule has 41 heavy (non-hydrogen) atoms. The summed E-state index contributed by atoms with van der Waals surface area (Å²) in [7, 11) is 1.89. The van der Waals surface area contributed by atoms with Crippen molar-refractivity contribution in [2.45, 2.75) is 44.3 Å². The zero-order chi connectivity index (χ0) is 28.2. The predicted molar refractivity (Wildman–Crippen MR) is 155 cm³/mol. The monoisotopic (exact) mass is 569 g/mol. The maximum Gasteiger partial charge on any atom is 0.329 e. The number of halogens is 2. The highest BCUT2D eigenvalue weighted by Crippen LogP contribution is 2.56. The van der Waals surface area contributed by atoms with Gasteiger partial charge in [-0.1, -0.05) is 54.1 Å². The number of hydrogen-bond acceptors (Lipinski definition) is 4. The van der Waals surface area contributed by atoms with Crippen molar-refractivity contribution in [2.75, 3.05) is 11.4 Å². The second-order valence-corrected chi connectivity index (χ2v) is 11.6. The van der Waals surface area contributed by atoms with Crippen LogP contribution in [0.5, 0.6) is 0 Å². The van der Waals surface area contributed by atoms with Gasteiger partial charge in [-0.25, -0.2) is 14.2 Å². The van der Waals surface area contributed by atoms with Crippen molar-refractivity contribution >= 4 is 29.4 Å². The molecular formula is C32H29ClFN5O2. The van der Waals surface area contributed by atoms with E-state index in [9.17, 15) is 14.0 Å². The van der Waals surface area contributed by atoms with E-state index in [2.05, 4.69) is 57.7 Å². The number of carbonyl (C=O) groups excluding carboxylic acids is 2. The third-order valence-electron chi connectivity index (χ3n) is 8.52. The molecule has 208 valence electrons. The van der Waals surface area contributed by atoms with Crippen molar-refractivity contribution in [2.24, 2.45) is 7.05 Å². The molecule has 1 N–H and O–H groups in total. The van der Waals surface area contributed by atoms with Crippen molar-refractivity contribution in [3.63, 3.8) is 0 Å². The fraction of sp³-hybridized carbons (Fsp3) is 0.281. The average Bonchev–Trinajstić information content (AvgIpc) is 3.47. The molecule has 3 amide bonds. The first-order valence-electron chi connectivity index (χ1n) is 13.9. The maximum atomic E-state index is 14.4. The summed E-state index contributed by atoms with van der Waals surface area (Å²) in [6.45, 7) is 2.90. The molecule has 1 aromatic heterocycles. The van der Waals surface area contributed by atoms with Crippen LogP contribution in [0.15, 0.2) is 66.9 Å². The molecule has 0 radical (unpaired) electrons. The van der Waals surface area contributed by atoms with Gasteiger partial charge in [-0.15, -0.1) is 0 Å². The van der Waals surface area contributed by atoms with Crippen LogP contribution < -0.4 is 10.2 Å². The minimum Gasteiger partial charge on any atom is -0.314 e. The van der Waals surface area contributed by atoms with Gasteiger partial charge in [0.15, 0.2) is 0 Å². The SMILES string of the molecule is Cn1c(N2CCC(=O)NC2=O)cnc1-c1ccc2c(c1)CN(Cc1ccc([C@H]3C[C@@H]3c3c(F)cccc3Cl)cc1)C2. The molecule has 7 nitrogen and oxygen atoms in total. The maximum absolute atomic E-state index is 14.4. The van der Waals surface area contributed by atoms with Gasteiger partial charge in [-0.3, -0.25) is 19.9 Å². The standard InChI is InChI=1S/C32H29ClFN5O2/c1-37-29(39-12-11-28(40)36-32(39)41)15-35-31(37)21-9-10-22-17-38(18-23(22)13-21)16-19-5-7-20(8-6-19)24-14-25(24)30-26(33)3-2-4-27(30)34/h2-10,13,15,24-25H,11-12,14,16-18H2,1H3,(H,36,40,41)/t24-,25+/m1/s1. The highest BCUT2D eigenvalue weighted by atomic mass is 35.5. The Labute approximate surface area is 242 Å². The minimum atomic E-state index is -0.417. The van der Waals surface area contributed by atoms with Crippen LogP contribution in [0.25, 0.3) is 11.4 Å². The normalized spacial score (nSPS) is 20.3. The van der Waals surface area contributed by atoms with E-state index in [1.807, 2.05) is 11.6 Å². The number of aromatic nitrogens is 2. The first-order valence-corrected chi connectivity index (χ1v) is 14.2. The lowest BCUT2D eigenvalue weighted by atomic mass is 10.0. The quantitative estimate of drug-likeness (QED) is 0.304. The van der Waals surface area contributed by atoms with Gasteiger partial charge in [-0.2, -0.15) is 0 Å². The number of imide groups is 1. The molecule has 7 rings (SSSR count). The molecule has 0 spiro atoms. The van der Waals surface area contributed by atoms with E-state index in [4.69, 9.17) is 11.6 Å². The van der Waals surface area contributed by atoms with E-state index in [0.29, 0.717) is 28.9 Å². The molecule has 3 aliphatic rings. The Bertz CT molecular complexity index is 1660. The van der Waals surface area contributed by atoms with E-state index >= 15 is 0 Å². The van der Waals surface area contributed by atoms with Crippen LogP contribution in [0.3, 0.4) is 0 Å². The number of nitrogens with zero attached hydrogens (tertiary/aromatic N) is 4. The molecular weight excluding hydrogens is 541 g/mol. The molecule has 2 aliphatic heterocycles. The van der Waals surface area contributed by atoms with Gasteiger partial charge in [0.25, 0.3) is 0 Å². The van der Waals surface area contributed by atoms with Crippen molar-refractivity contribution in [1.29, 1.82) is 0 Å². The highest BCUT2D eigenvalue weighted by Gasteiger charge is 2.42. The Morgan fingerprint density at radius 3 is 2.61 bits per heavy atom. The molecule has 4 aromatic rings. The van der Waals surface area contributed by atoms with Gasteiger partial charge in [-0.05, 0) is 58.7 Å². The summed E-state index contributed by atoms with van der Waals surface area (Å²) in [6.07, 6.45) is 2.88. The van der Waals surface area contributed by atoms with Crippen LogP contribution in [0, 0.1) is 5.82 Å². The third kappa shape index (κ3) is 4.81. The molecule has 0 bridgehead atoms. The first-order chi connectivity index (χ1) is 19.9. The Morgan fingerprint density at radius 1 is 1.02 bits per heavy atom. The number of carbonyl (C=O) groups is 2. The summed E-state index contributed by atoms with van der Waals surface area (Å²) in [4.78, 5) is 32.4. The van der Waals surface area contributed by atoms with Gasteiger partial charge in [0.1, 0.15) is 17.5 Å². The van der Waals surface area contributed by atoms with Crippen molar-refractivity contribution < 1.29 is 14.0 Å². The Morgan fingerprint density at radius 2 is 1.83 bits per heavy atom. The van der Waals surface area contributed by atoms with Crippen molar-refractivity contribution in [3.05, 3.63) is 106 Å². The van der Waals surface area contributed by atoms with E-state index in [1.54, 1.807) is 23.2 Å². The summed E-state index contributed by atoms with van der Waals surface area (Å²) in [5.74, 6) is 1.42. The summed E-state index contributed by atoms with van der Waals surface area (Å²) < 4.78 is 16.3. The summed E-state index contributed by atoms with van der Waals surface area (Å²) in [6, 6.07) is 19.6. The molecule has 1 aliphatic carbocycles. The predicted octanol–water partition coefficient (Wildman–Crippen LogP) is 6.11. The van der Waals surface area contributed by atoms with Gasteiger partial charge in [0, 0.05) is 55.8 Å². The first kappa shape index (κ1) is 25.9. The molecule has 3 heterocycles. The van der Waals surface area contributed by atoms with Crippen molar-refractivity contribution in [1.82, 2.24) is 19.8 Å². The molecule has 9 heteroatoms. The number of fused-ring (bicyclic) bond motifs is 1. The van der Waals surface area contributed by atoms with E-state index < -0.39 is 6.03 Å². The number of rotatable bonds is 6. The van der Waals surface area contributed by atoms with E-state index in [0.717, 1.165) is 37.4 Å². The second kappa shape index (κ2) is 10.1. The number of anilines is 1. The van der Waals surface area contributed by atoms with Crippen LogP contribution in [-0.2, 0) is 31.5 Å². The molecule has 0 unspecified atom stereocenters. The lowest BCUT2D eigenvalue weighted by molar-refractivity contribution is -0.120. The smallest absolute Gasteiger partial charge is 0.314 e. The second-order valence-electron chi connectivity index (χ2n) is 11.2. The molecule has 1 saturated heterocycles. The Kier molecular flexibility index (Phi) is 6.40. The van der Waals surface area contributed by atoms with E-state index in [1.165, 1.54) is 28.3 Å². The Balaban J connectivity index is 1.01. The highest BCUT2D eigenvalue weighted by molar-refractivity contribution is 6.31. The average molecular weight is 570 g/mol. The number of amides is 3.